The smallest absolute Gasteiger partial charge is 0.347 e. The standard InChI is InChI=1S/C35H35NO5/c1-4-8-27-22-29(33(37)28-12-11-24-9-5-6-10-25(24)21-28)13-16-32(27)40-20-7-18-36-19-17-26-23-30(14-15-31(26)36)41-35(2,3)34(38)39/h5-6,9-17,19,21-23H,4,7-8,18,20H2,1-3H3,(H,38,39). The molecule has 6 nitrogen and oxygen atoms in total. The van der Waals surface area contributed by atoms with E-state index >= 15 is 0 Å². The molecule has 0 amide bonds. The van der Waals surface area contributed by atoms with Gasteiger partial charge in [0.1, 0.15) is 11.5 Å². The molecule has 0 aliphatic carbocycles. The summed E-state index contributed by atoms with van der Waals surface area (Å²) in [6.45, 7) is 6.51. The lowest BCUT2D eigenvalue weighted by Gasteiger charge is -2.21. The summed E-state index contributed by atoms with van der Waals surface area (Å²) in [6.07, 6.45) is 4.61. The Bertz CT molecular complexity index is 1710. The predicted molar refractivity (Wildman–Crippen MR) is 162 cm³/mol. The van der Waals surface area contributed by atoms with Crippen molar-refractivity contribution in [1.82, 2.24) is 4.57 Å². The van der Waals surface area contributed by atoms with Crippen molar-refractivity contribution < 1.29 is 24.2 Å². The molecule has 0 radical (unpaired) electrons. The molecule has 1 N–H and O–H groups in total. The van der Waals surface area contributed by atoms with Crippen LogP contribution in [0.25, 0.3) is 21.7 Å². The summed E-state index contributed by atoms with van der Waals surface area (Å²) < 4.78 is 14.0. The monoisotopic (exact) mass is 549 g/mol. The van der Waals surface area contributed by atoms with E-state index in [1.807, 2.05) is 85.1 Å². The van der Waals surface area contributed by atoms with Crippen molar-refractivity contribution >= 4 is 33.4 Å². The lowest BCUT2D eigenvalue weighted by Crippen LogP contribution is -2.37. The third-order valence-electron chi connectivity index (χ3n) is 7.29. The minimum atomic E-state index is -1.30. The van der Waals surface area contributed by atoms with Crippen LogP contribution in [0.4, 0.5) is 0 Å². The van der Waals surface area contributed by atoms with Crippen LogP contribution in [0.5, 0.6) is 11.5 Å². The minimum absolute atomic E-state index is 0.0132. The van der Waals surface area contributed by atoms with Gasteiger partial charge in [0.05, 0.1) is 6.61 Å². The van der Waals surface area contributed by atoms with Crippen molar-refractivity contribution in [2.24, 2.45) is 0 Å². The highest BCUT2D eigenvalue weighted by molar-refractivity contribution is 6.10. The lowest BCUT2D eigenvalue weighted by atomic mass is 9.97. The normalized spacial score (nSPS) is 11.6. The first-order valence-electron chi connectivity index (χ1n) is 14.1. The predicted octanol–water partition coefficient (Wildman–Crippen LogP) is 7.69. The number of aromatic nitrogens is 1. The van der Waals surface area contributed by atoms with E-state index in [4.69, 9.17) is 9.47 Å². The molecule has 0 fully saturated rings. The van der Waals surface area contributed by atoms with Gasteiger partial charge in [-0.25, -0.2) is 4.79 Å². The first kappa shape index (κ1) is 28.0. The zero-order valence-corrected chi connectivity index (χ0v) is 23.7. The van der Waals surface area contributed by atoms with Crippen molar-refractivity contribution in [3.05, 3.63) is 108 Å². The van der Waals surface area contributed by atoms with Crippen LogP contribution in [0.2, 0.25) is 0 Å². The maximum atomic E-state index is 13.3. The summed E-state index contributed by atoms with van der Waals surface area (Å²) >= 11 is 0. The average Bonchev–Trinajstić information content (AvgIpc) is 3.37. The van der Waals surface area contributed by atoms with E-state index < -0.39 is 11.6 Å². The molecule has 5 rings (SSSR count). The Labute approximate surface area is 240 Å². The molecule has 0 aliphatic rings. The number of nitrogens with zero attached hydrogens (tertiary/aromatic N) is 1. The number of hydrogen-bond donors (Lipinski definition) is 1. The van der Waals surface area contributed by atoms with Gasteiger partial charge in [-0.15, -0.1) is 0 Å². The molecule has 6 heteroatoms. The summed E-state index contributed by atoms with van der Waals surface area (Å²) in [5, 5.41) is 12.5. The number of carbonyl (C=O) groups excluding carboxylic acids is 1. The fourth-order valence-electron chi connectivity index (χ4n) is 5.02. The van der Waals surface area contributed by atoms with E-state index in [-0.39, 0.29) is 5.78 Å². The van der Waals surface area contributed by atoms with Gasteiger partial charge in [-0.05, 0) is 91.6 Å². The Balaban J connectivity index is 1.22. The molecule has 0 unspecified atom stereocenters. The Morgan fingerprint density at radius 1 is 0.854 bits per heavy atom. The Morgan fingerprint density at radius 2 is 1.61 bits per heavy atom. The molecular weight excluding hydrogens is 514 g/mol. The van der Waals surface area contributed by atoms with Crippen molar-refractivity contribution in [1.29, 1.82) is 0 Å². The summed E-state index contributed by atoms with van der Waals surface area (Å²) in [7, 11) is 0. The molecule has 4 aromatic carbocycles. The van der Waals surface area contributed by atoms with Crippen LogP contribution in [0.15, 0.2) is 91.1 Å². The van der Waals surface area contributed by atoms with E-state index in [2.05, 4.69) is 11.5 Å². The Hall–Kier alpha value is -4.58. The highest BCUT2D eigenvalue weighted by Gasteiger charge is 2.29. The van der Waals surface area contributed by atoms with Crippen LogP contribution < -0.4 is 9.47 Å². The van der Waals surface area contributed by atoms with Crippen molar-refractivity contribution in [3.8, 4) is 11.5 Å². The van der Waals surface area contributed by atoms with Crippen molar-refractivity contribution in [2.75, 3.05) is 6.61 Å². The third-order valence-corrected chi connectivity index (χ3v) is 7.29. The number of aryl methyl sites for hydroxylation is 2. The van der Waals surface area contributed by atoms with Crippen LogP contribution in [0.1, 0.15) is 55.1 Å². The second-order valence-electron chi connectivity index (χ2n) is 10.8. The zero-order chi connectivity index (χ0) is 29.0. The fraction of sp³-hybridized carbons (Fsp3) is 0.257. The number of carbonyl (C=O) groups is 2. The van der Waals surface area contributed by atoms with Crippen LogP contribution >= 0.6 is 0 Å². The SMILES string of the molecule is CCCc1cc(C(=O)c2ccc3ccccc3c2)ccc1OCCCn1ccc2cc(OC(C)(C)C(=O)O)ccc21. The molecule has 0 spiro atoms. The highest BCUT2D eigenvalue weighted by atomic mass is 16.5. The number of ether oxygens (including phenoxy) is 2. The van der Waals surface area contributed by atoms with E-state index in [0.29, 0.717) is 23.5 Å². The molecule has 1 aromatic heterocycles. The average molecular weight is 550 g/mol. The molecule has 210 valence electrons. The number of fused-ring (bicyclic) bond motifs is 2. The lowest BCUT2D eigenvalue weighted by molar-refractivity contribution is -0.152. The van der Waals surface area contributed by atoms with E-state index in [0.717, 1.165) is 58.8 Å². The number of carboxylic acids is 1. The van der Waals surface area contributed by atoms with Gasteiger partial charge in [0, 0.05) is 34.8 Å². The number of ketones is 1. The summed E-state index contributed by atoms with van der Waals surface area (Å²) in [6, 6.07) is 27.3. The molecule has 0 bridgehead atoms. The molecule has 0 atom stereocenters. The quantitative estimate of drug-likeness (QED) is 0.128. The molecule has 0 aliphatic heterocycles. The maximum Gasteiger partial charge on any atom is 0.347 e. The minimum Gasteiger partial charge on any atom is -0.493 e. The third kappa shape index (κ3) is 6.27. The van der Waals surface area contributed by atoms with Crippen molar-refractivity contribution in [3.63, 3.8) is 0 Å². The fourth-order valence-corrected chi connectivity index (χ4v) is 5.02. The first-order chi connectivity index (χ1) is 19.7. The van der Waals surface area contributed by atoms with Crippen LogP contribution in [0.3, 0.4) is 0 Å². The molecule has 41 heavy (non-hydrogen) atoms. The maximum absolute atomic E-state index is 13.3. The Kier molecular flexibility index (Phi) is 8.11. The van der Waals surface area contributed by atoms with Gasteiger partial charge in [-0.3, -0.25) is 4.79 Å². The van der Waals surface area contributed by atoms with Crippen molar-refractivity contribution in [2.45, 2.75) is 52.2 Å². The van der Waals surface area contributed by atoms with Crippen LogP contribution in [-0.4, -0.2) is 33.6 Å². The summed E-state index contributed by atoms with van der Waals surface area (Å²) in [5.74, 6) is 0.349. The Morgan fingerprint density at radius 3 is 2.39 bits per heavy atom. The number of aliphatic carboxylic acids is 1. The van der Waals surface area contributed by atoms with E-state index in [1.165, 1.54) is 13.8 Å². The topological polar surface area (TPSA) is 77.8 Å². The van der Waals surface area contributed by atoms with Gasteiger partial charge in [0.15, 0.2) is 11.4 Å². The molecule has 0 saturated carbocycles. The van der Waals surface area contributed by atoms with Gasteiger partial charge >= 0.3 is 5.97 Å². The van der Waals surface area contributed by atoms with Gasteiger partial charge < -0.3 is 19.1 Å². The zero-order valence-electron chi connectivity index (χ0n) is 23.7. The highest BCUT2D eigenvalue weighted by Crippen LogP contribution is 2.27. The van der Waals surface area contributed by atoms with Crippen LogP contribution in [-0.2, 0) is 17.8 Å². The first-order valence-corrected chi connectivity index (χ1v) is 14.1. The second kappa shape index (κ2) is 11.9. The van der Waals surface area contributed by atoms with Gasteiger partial charge in [0.2, 0.25) is 0 Å². The number of benzene rings is 4. The number of carboxylic acid groups (broad SMARTS) is 1. The van der Waals surface area contributed by atoms with Crippen LogP contribution in [0, 0.1) is 0 Å². The van der Waals surface area contributed by atoms with E-state index in [1.54, 1.807) is 6.07 Å². The molecular formula is C35H35NO5. The number of rotatable bonds is 12. The largest absolute Gasteiger partial charge is 0.493 e. The van der Waals surface area contributed by atoms with Gasteiger partial charge in [0.25, 0.3) is 0 Å². The number of hydrogen-bond acceptors (Lipinski definition) is 4. The van der Waals surface area contributed by atoms with Gasteiger partial charge in [-0.2, -0.15) is 0 Å². The molecule has 5 aromatic rings. The second-order valence-corrected chi connectivity index (χ2v) is 10.8. The van der Waals surface area contributed by atoms with E-state index in [9.17, 15) is 14.7 Å². The molecule has 0 saturated heterocycles. The van der Waals surface area contributed by atoms with Gasteiger partial charge in [-0.1, -0.05) is 49.7 Å². The molecule has 1 heterocycles. The summed E-state index contributed by atoms with van der Waals surface area (Å²) in [4.78, 5) is 24.7. The summed E-state index contributed by atoms with van der Waals surface area (Å²) in [5.41, 5.74) is 2.15.